The van der Waals surface area contributed by atoms with Crippen molar-refractivity contribution in [2.75, 3.05) is 0 Å². The number of rotatable bonds is 1. The first-order valence-corrected chi connectivity index (χ1v) is 4.84. The Morgan fingerprint density at radius 2 is 1.46 bits per heavy atom. The summed E-state index contributed by atoms with van der Waals surface area (Å²) in [7, 11) is 0. The topological polar surface area (TPSA) is 26.0 Å². The van der Waals surface area contributed by atoms with Crippen molar-refractivity contribution in [3.05, 3.63) is 0 Å². The number of nitrogens with two attached hydrogens (primary N) is 1. The van der Waals surface area contributed by atoms with E-state index in [2.05, 4.69) is 0 Å². The van der Waals surface area contributed by atoms with Gasteiger partial charge < -0.3 is 5.73 Å². The highest BCUT2D eigenvalue weighted by Crippen LogP contribution is 2.32. The predicted octanol–water partition coefficient (Wildman–Crippen LogP) is 2.85. The fourth-order valence-corrected chi connectivity index (χ4v) is 1.94. The van der Waals surface area contributed by atoms with Gasteiger partial charge in [-0.15, -0.1) is 0 Å². The molecule has 1 fully saturated rings. The van der Waals surface area contributed by atoms with Crippen molar-refractivity contribution in [1.82, 2.24) is 0 Å². The predicted molar refractivity (Wildman–Crippen MR) is 45.2 cm³/mol. The summed E-state index contributed by atoms with van der Waals surface area (Å²) in [4.78, 5) is 0. The largest absolute Gasteiger partial charge is 0.403 e. The van der Waals surface area contributed by atoms with Crippen LogP contribution in [-0.2, 0) is 0 Å². The summed E-state index contributed by atoms with van der Waals surface area (Å²) < 4.78 is 36.7. The fourth-order valence-electron chi connectivity index (χ4n) is 1.94. The standard InChI is InChI=1S/C9H16F3N/c10-9(11,12)8(13)7-5-3-1-2-4-6-7/h7-8H,1-6,13H2. The van der Waals surface area contributed by atoms with Crippen LogP contribution in [0.3, 0.4) is 0 Å². The Hall–Kier alpha value is -0.250. The monoisotopic (exact) mass is 195 g/mol. The van der Waals surface area contributed by atoms with E-state index < -0.39 is 12.2 Å². The van der Waals surface area contributed by atoms with Crippen LogP contribution in [0, 0.1) is 5.92 Å². The lowest BCUT2D eigenvalue weighted by Gasteiger charge is -2.24. The Balaban J connectivity index is 2.48. The zero-order valence-electron chi connectivity index (χ0n) is 7.61. The van der Waals surface area contributed by atoms with E-state index in [1.54, 1.807) is 0 Å². The van der Waals surface area contributed by atoms with Gasteiger partial charge in [0.15, 0.2) is 0 Å². The minimum Gasteiger partial charge on any atom is -0.320 e. The molecule has 0 aromatic rings. The van der Waals surface area contributed by atoms with Gasteiger partial charge in [-0.3, -0.25) is 0 Å². The number of alkyl halides is 3. The molecular formula is C9H16F3N. The maximum absolute atomic E-state index is 12.2. The molecule has 1 rings (SSSR count). The van der Waals surface area contributed by atoms with Crippen LogP contribution in [0.5, 0.6) is 0 Å². The molecule has 0 aromatic carbocycles. The van der Waals surface area contributed by atoms with Gasteiger partial charge in [0.2, 0.25) is 0 Å². The van der Waals surface area contributed by atoms with Crippen LogP contribution >= 0.6 is 0 Å². The molecule has 1 saturated carbocycles. The van der Waals surface area contributed by atoms with Crippen LogP contribution in [0.15, 0.2) is 0 Å². The molecule has 0 heterocycles. The van der Waals surface area contributed by atoms with Crippen LogP contribution in [0.4, 0.5) is 13.2 Å². The molecule has 1 nitrogen and oxygen atoms in total. The smallest absolute Gasteiger partial charge is 0.320 e. The quantitative estimate of drug-likeness (QED) is 0.640. The van der Waals surface area contributed by atoms with Crippen LogP contribution in [0.25, 0.3) is 0 Å². The van der Waals surface area contributed by atoms with Crippen molar-refractivity contribution in [2.24, 2.45) is 11.7 Å². The highest BCUT2D eigenvalue weighted by molar-refractivity contribution is 4.80. The summed E-state index contributed by atoms with van der Waals surface area (Å²) >= 11 is 0. The lowest BCUT2D eigenvalue weighted by molar-refractivity contribution is -0.159. The second kappa shape index (κ2) is 4.31. The van der Waals surface area contributed by atoms with E-state index in [0.29, 0.717) is 12.8 Å². The molecule has 13 heavy (non-hydrogen) atoms. The summed E-state index contributed by atoms with van der Waals surface area (Å²) in [5.74, 6) is -0.345. The van der Waals surface area contributed by atoms with Gasteiger partial charge >= 0.3 is 6.18 Å². The molecule has 0 saturated heterocycles. The van der Waals surface area contributed by atoms with Gasteiger partial charge in [0.1, 0.15) is 6.04 Å². The Morgan fingerprint density at radius 1 is 1.00 bits per heavy atom. The van der Waals surface area contributed by atoms with Crippen molar-refractivity contribution in [3.63, 3.8) is 0 Å². The first kappa shape index (κ1) is 10.8. The first-order valence-electron chi connectivity index (χ1n) is 4.84. The Bertz CT molecular complexity index is 147. The number of halogens is 3. The molecule has 0 spiro atoms. The van der Waals surface area contributed by atoms with Crippen molar-refractivity contribution in [1.29, 1.82) is 0 Å². The van der Waals surface area contributed by atoms with Crippen molar-refractivity contribution >= 4 is 0 Å². The average molecular weight is 195 g/mol. The average Bonchev–Trinajstić information content (AvgIpc) is 2.28. The Morgan fingerprint density at radius 3 is 1.85 bits per heavy atom. The van der Waals surface area contributed by atoms with Crippen LogP contribution in [0.2, 0.25) is 0 Å². The molecule has 0 aliphatic heterocycles. The third-order valence-corrected chi connectivity index (χ3v) is 2.79. The van der Waals surface area contributed by atoms with Crippen LogP contribution in [-0.4, -0.2) is 12.2 Å². The van der Waals surface area contributed by atoms with E-state index >= 15 is 0 Å². The highest BCUT2D eigenvalue weighted by atomic mass is 19.4. The summed E-state index contributed by atoms with van der Waals surface area (Å²) in [5, 5.41) is 0. The van der Waals surface area contributed by atoms with E-state index in [1.165, 1.54) is 0 Å². The van der Waals surface area contributed by atoms with Gasteiger partial charge in [0.05, 0.1) is 0 Å². The molecule has 1 atom stereocenters. The van der Waals surface area contributed by atoms with Crippen LogP contribution < -0.4 is 5.73 Å². The molecule has 4 heteroatoms. The van der Waals surface area contributed by atoms with E-state index in [9.17, 15) is 13.2 Å². The summed E-state index contributed by atoms with van der Waals surface area (Å²) in [5.41, 5.74) is 5.17. The molecule has 78 valence electrons. The third-order valence-electron chi connectivity index (χ3n) is 2.79. The maximum atomic E-state index is 12.2. The van der Waals surface area contributed by atoms with Gasteiger partial charge in [-0.25, -0.2) is 0 Å². The lowest BCUT2D eigenvalue weighted by Crippen LogP contribution is -2.43. The molecule has 0 bridgehead atoms. The van der Waals surface area contributed by atoms with E-state index in [1.807, 2.05) is 0 Å². The summed E-state index contributed by atoms with van der Waals surface area (Å²) in [6.45, 7) is 0. The van der Waals surface area contributed by atoms with Crippen molar-refractivity contribution in [3.8, 4) is 0 Å². The highest BCUT2D eigenvalue weighted by Gasteiger charge is 2.41. The maximum Gasteiger partial charge on any atom is 0.403 e. The minimum absolute atomic E-state index is 0.345. The van der Waals surface area contributed by atoms with E-state index in [0.717, 1.165) is 25.7 Å². The molecule has 1 aliphatic rings. The normalized spacial score (nSPS) is 24.0. The Kier molecular flexibility index (Phi) is 3.59. The first-order chi connectivity index (χ1) is 6.02. The second-order valence-electron chi connectivity index (χ2n) is 3.82. The van der Waals surface area contributed by atoms with Crippen molar-refractivity contribution in [2.45, 2.75) is 50.7 Å². The van der Waals surface area contributed by atoms with Gasteiger partial charge in [-0.05, 0) is 18.8 Å². The molecule has 0 amide bonds. The van der Waals surface area contributed by atoms with Gasteiger partial charge in [0, 0.05) is 0 Å². The SMILES string of the molecule is NC(C1CCCCCC1)C(F)(F)F. The lowest BCUT2D eigenvalue weighted by atomic mass is 9.92. The Labute approximate surface area is 76.5 Å². The molecule has 0 radical (unpaired) electrons. The zero-order chi connectivity index (χ0) is 9.90. The fraction of sp³-hybridized carbons (Fsp3) is 1.00. The third kappa shape index (κ3) is 3.18. The van der Waals surface area contributed by atoms with E-state index in [-0.39, 0.29) is 5.92 Å². The second-order valence-corrected chi connectivity index (χ2v) is 3.82. The van der Waals surface area contributed by atoms with Crippen LogP contribution in [0.1, 0.15) is 38.5 Å². The summed E-state index contributed by atoms with van der Waals surface area (Å²) in [6.07, 6.45) is 0.974. The number of hydrogen-bond acceptors (Lipinski definition) is 1. The molecule has 1 unspecified atom stereocenters. The van der Waals surface area contributed by atoms with Gasteiger partial charge in [-0.1, -0.05) is 25.7 Å². The van der Waals surface area contributed by atoms with Gasteiger partial charge in [0.25, 0.3) is 0 Å². The van der Waals surface area contributed by atoms with E-state index in [4.69, 9.17) is 5.73 Å². The molecular weight excluding hydrogens is 179 g/mol. The molecule has 0 aromatic heterocycles. The zero-order valence-corrected chi connectivity index (χ0v) is 7.61. The molecule has 1 aliphatic carbocycles. The molecule has 2 N–H and O–H groups in total. The minimum atomic E-state index is -4.21. The number of hydrogen-bond donors (Lipinski definition) is 1. The summed E-state index contributed by atoms with van der Waals surface area (Å²) in [6, 6.07) is -1.61. The van der Waals surface area contributed by atoms with Gasteiger partial charge in [-0.2, -0.15) is 13.2 Å². The van der Waals surface area contributed by atoms with Crippen molar-refractivity contribution < 1.29 is 13.2 Å².